The molecule has 0 fully saturated rings. The molecular formula is C22H19N3O5. The van der Waals surface area contributed by atoms with E-state index < -0.39 is 0 Å². The van der Waals surface area contributed by atoms with E-state index in [2.05, 4.69) is 10.3 Å². The van der Waals surface area contributed by atoms with E-state index in [9.17, 15) is 9.59 Å². The molecule has 30 heavy (non-hydrogen) atoms. The molecule has 0 N–H and O–H groups in total. The largest absolute Gasteiger partial charge is 0.493 e. The number of ether oxygens (including phenoxy) is 2. The predicted octanol–water partition coefficient (Wildman–Crippen LogP) is 3.25. The van der Waals surface area contributed by atoms with E-state index in [4.69, 9.17) is 13.9 Å². The molecule has 0 aliphatic heterocycles. The average Bonchev–Trinajstić information content (AvgIpc) is 3.23. The topological polar surface area (TPSA) is 96.5 Å². The van der Waals surface area contributed by atoms with E-state index >= 15 is 0 Å². The molecule has 4 aromatic rings. The smallest absolute Gasteiger partial charge is 0.336 e. The Morgan fingerprint density at radius 3 is 2.83 bits per heavy atom. The number of aldehydes is 1. The highest BCUT2D eigenvalue weighted by Gasteiger charge is 2.06. The van der Waals surface area contributed by atoms with Crippen LogP contribution in [-0.4, -0.2) is 27.9 Å². The van der Waals surface area contributed by atoms with Crippen molar-refractivity contribution in [2.24, 2.45) is 0 Å². The van der Waals surface area contributed by atoms with Gasteiger partial charge in [0, 0.05) is 30.5 Å². The summed E-state index contributed by atoms with van der Waals surface area (Å²) in [5, 5.41) is 9.00. The lowest BCUT2D eigenvalue weighted by atomic mass is 10.2. The van der Waals surface area contributed by atoms with Crippen molar-refractivity contribution in [3.05, 3.63) is 82.5 Å². The Hall–Kier alpha value is -3.94. The standard InChI is InChI=1S/C22H19N3O5/c26-14-17-4-1-2-5-20(17)29-15-18-13-25(24-23-18)10-3-11-28-19-8-6-16-7-9-22(27)30-21(16)12-19/h1-2,4-9,12-14H,3,10-11,15H2. The molecular weight excluding hydrogens is 386 g/mol. The molecule has 0 radical (unpaired) electrons. The fraction of sp³-hybridized carbons (Fsp3) is 0.182. The summed E-state index contributed by atoms with van der Waals surface area (Å²) in [6.45, 7) is 1.32. The van der Waals surface area contributed by atoms with Crippen molar-refractivity contribution < 1.29 is 18.7 Å². The molecule has 2 aromatic carbocycles. The van der Waals surface area contributed by atoms with Crippen LogP contribution in [0.5, 0.6) is 11.5 Å². The number of nitrogens with zero attached hydrogens (tertiary/aromatic N) is 3. The van der Waals surface area contributed by atoms with Gasteiger partial charge in [0.05, 0.1) is 18.4 Å². The van der Waals surface area contributed by atoms with Crippen molar-refractivity contribution in [2.45, 2.75) is 19.6 Å². The number of hydrogen-bond donors (Lipinski definition) is 0. The first-order chi connectivity index (χ1) is 14.7. The molecule has 0 aliphatic rings. The van der Waals surface area contributed by atoms with Gasteiger partial charge in [-0.3, -0.25) is 9.48 Å². The molecule has 0 atom stereocenters. The molecule has 2 aromatic heterocycles. The molecule has 2 heterocycles. The highest BCUT2D eigenvalue weighted by atomic mass is 16.5. The maximum absolute atomic E-state index is 11.3. The van der Waals surface area contributed by atoms with Crippen molar-refractivity contribution in [1.82, 2.24) is 15.0 Å². The van der Waals surface area contributed by atoms with Gasteiger partial charge < -0.3 is 13.9 Å². The van der Waals surface area contributed by atoms with E-state index in [1.54, 1.807) is 41.2 Å². The summed E-state index contributed by atoms with van der Waals surface area (Å²) in [7, 11) is 0. The van der Waals surface area contributed by atoms with Gasteiger partial charge >= 0.3 is 5.63 Å². The van der Waals surface area contributed by atoms with Crippen molar-refractivity contribution in [3.63, 3.8) is 0 Å². The third-order valence-electron chi connectivity index (χ3n) is 4.40. The Balaban J connectivity index is 1.25. The highest BCUT2D eigenvalue weighted by Crippen LogP contribution is 2.20. The second-order valence-corrected chi connectivity index (χ2v) is 6.57. The Morgan fingerprint density at radius 2 is 1.93 bits per heavy atom. The number of benzene rings is 2. The number of aryl methyl sites for hydroxylation is 1. The molecule has 8 heteroatoms. The van der Waals surface area contributed by atoms with Crippen molar-refractivity contribution in [3.8, 4) is 11.5 Å². The first kappa shape index (κ1) is 19.4. The Kier molecular flexibility index (Phi) is 5.84. The van der Waals surface area contributed by atoms with Crippen LogP contribution in [0.2, 0.25) is 0 Å². The number of para-hydroxylation sites is 1. The van der Waals surface area contributed by atoms with Crippen LogP contribution in [0.15, 0.2) is 70.0 Å². The third-order valence-corrected chi connectivity index (χ3v) is 4.40. The van der Waals surface area contributed by atoms with Crippen molar-refractivity contribution in [2.75, 3.05) is 6.61 Å². The maximum atomic E-state index is 11.3. The summed E-state index contributed by atoms with van der Waals surface area (Å²) in [6, 6.07) is 15.5. The molecule has 0 saturated carbocycles. The number of rotatable bonds is 9. The second-order valence-electron chi connectivity index (χ2n) is 6.57. The van der Waals surface area contributed by atoms with Gasteiger partial charge in [0.15, 0.2) is 6.29 Å². The average molecular weight is 405 g/mol. The molecule has 0 amide bonds. The first-order valence-corrected chi connectivity index (χ1v) is 9.44. The molecule has 152 valence electrons. The van der Waals surface area contributed by atoms with Gasteiger partial charge in [0.2, 0.25) is 0 Å². The fourth-order valence-electron chi connectivity index (χ4n) is 2.92. The van der Waals surface area contributed by atoms with E-state index in [1.165, 1.54) is 6.07 Å². The lowest BCUT2D eigenvalue weighted by molar-refractivity contribution is 0.111. The van der Waals surface area contributed by atoms with Gasteiger partial charge in [-0.05, 0) is 30.3 Å². The summed E-state index contributed by atoms with van der Waals surface area (Å²) >= 11 is 0. The molecule has 0 unspecified atom stereocenters. The zero-order chi connectivity index (χ0) is 20.8. The summed E-state index contributed by atoms with van der Waals surface area (Å²) < 4.78 is 18.3. The second kappa shape index (κ2) is 9.04. The Bertz CT molecular complexity index is 1210. The normalized spacial score (nSPS) is 10.8. The zero-order valence-electron chi connectivity index (χ0n) is 16.1. The minimum absolute atomic E-state index is 0.226. The van der Waals surface area contributed by atoms with E-state index in [0.717, 1.165) is 11.7 Å². The van der Waals surface area contributed by atoms with Crippen molar-refractivity contribution >= 4 is 17.3 Å². The number of hydrogen-bond acceptors (Lipinski definition) is 7. The lowest BCUT2D eigenvalue weighted by Gasteiger charge is -2.07. The van der Waals surface area contributed by atoms with Gasteiger partial charge in [0.25, 0.3) is 0 Å². The monoisotopic (exact) mass is 405 g/mol. The molecule has 0 bridgehead atoms. The van der Waals surface area contributed by atoms with Crippen LogP contribution in [0, 0.1) is 0 Å². The molecule has 0 spiro atoms. The summed E-state index contributed by atoms with van der Waals surface area (Å²) in [5.74, 6) is 1.15. The molecule has 0 saturated heterocycles. The summed E-state index contributed by atoms with van der Waals surface area (Å²) in [5.41, 5.74) is 1.27. The van der Waals surface area contributed by atoms with Gasteiger partial charge in [-0.25, -0.2) is 4.79 Å². The van der Waals surface area contributed by atoms with E-state index in [1.807, 2.05) is 18.2 Å². The SMILES string of the molecule is O=Cc1ccccc1OCc1cn(CCCOc2ccc3ccc(=O)oc3c2)nn1. The van der Waals surface area contributed by atoms with Crippen LogP contribution in [-0.2, 0) is 13.2 Å². The quantitative estimate of drug-likeness (QED) is 0.240. The van der Waals surface area contributed by atoms with Crippen LogP contribution < -0.4 is 15.1 Å². The minimum atomic E-state index is -0.389. The number of carbonyl (C=O) groups excluding carboxylic acids is 1. The van der Waals surface area contributed by atoms with Crippen LogP contribution in [0.4, 0.5) is 0 Å². The van der Waals surface area contributed by atoms with Gasteiger partial charge in [-0.2, -0.15) is 0 Å². The van der Waals surface area contributed by atoms with Crippen molar-refractivity contribution in [1.29, 1.82) is 0 Å². The fourth-order valence-corrected chi connectivity index (χ4v) is 2.92. The summed E-state index contributed by atoms with van der Waals surface area (Å²) in [4.78, 5) is 22.4. The number of fused-ring (bicyclic) bond motifs is 1. The third kappa shape index (κ3) is 4.72. The minimum Gasteiger partial charge on any atom is -0.493 e. The zero-order valence-corrected chi connectivity index (χ0v) is 16.1. The highest BCUT2D eigenvalue weighted by molar-refractivity contribution is 5.79. The molecule has 0 aliphatic carbocycles. The predicted molar refractivity (Wildman–Crippen MR) is 109 cm³/mol. The van der Waals surface area contributed by atoms with Gasteiger partial charge in [-0.1, -0.05) is 17.3 Å². The molecule has 8 nitrogen and oxygen atoms in total. The lowest BCUT2D eigenvalue weighted by Crippen LogP contribution is -2.05. The van der Waals surface area contributed by atoms with Crippen LogP contribution in [0.25, 0.3) is 11.0 Å². The van der Waals surface area contributed by atoms with Gasteiger partial charge in [0.1, 0.15) is 29.4 Å². The van der Waals surface area contributed by atoms with E-state index in [0.29, 0.717) is 47.9 Å². The number of aromatic nitrogens is 3. The van der Waals surface area contributed by atoms with Gasteiger partial charge in [-0.15, -0.1) is 5.10 Å². The van der Waals surface area contributed by atoms with Crippen LogP contribution in [0.3, 0.4) is 0 Å². The van der Waals surface area contributed by atoms with Crippen LogP contribution >= 0.6 is 0 Å². The number of carbonyl (C=O) groups is 1. The molecule has 4 rings (SSSR count). The van der Waals surface area contributed by atoms with E-state index in [-0.39, 0.29) is 12.2 Å². The Morgan fingerprint density at radius 1 is 1.07 bits per heavy atom. The maximum Gasteiger partial charge on any atom is 0.336 e. The first-order valence-electron chi connectivity index (χ1n) is 9.44. The Labute approximate surface area is 171 Å². The van der Waals surface area contributed by atoms with Crippen LogP contribution in [0.1, 0.15) is 22.5 Å². The summed E-state index contributed by atoms with van der Waals surface area (Å²) in [6.07, 6.45) is 3.28.